The molecular formula is C15H15NO2. The molecule has 2 N–H and O–H groups in total. The maximum Gasteiger partial charge on any atom is 0.123 e. The zero-order chi connectivity index (χ0) is 12.4. The zero-order valence-corrected chi connectivity index (χ0v) is 9.97. The number of benzene rings is 2. The number of phenols is 1. The fourth-order valence-corrected chi connectivity index (χ4v) is 2.28. The van der Waals surface area contributed by atoms with E-state index in [0.29, 0.717) is 12.4 Å². The summed E-state index contributed by atoms with van der Waals surface area (Å²) in [5, 5.41) is 12.8. The smallest absolute Gasteiger partial charge is 0.123 e. The second-order valence-electron chi connectivity index (χ2n) is 4.44. The zero-order valence-electron chi connectivity index (χ0n) is 9.97. The first-order valence-electron chi connectivity index (χ1n) is 6.06. The number of hydrogen-bond donors (Lipinski definition) is 2. The van der Waals surface area contributed by atoms with Gasteiger partial charge in [0.2, 0.25) is 0 Å². The van der Waals surface area contributed by atoms with Crippen molar-refractivity contribution in [2.75, 3.05) is 6.61 Å². The fraction of sp³-hybridized carbons (Fsp3) is 0.200. The molecule has 1 unspecified atom stereocenters. The van der Waals surface area contributed by atoms with Crippen LogP contribution in [0.3, 0.4) is 0 Å². The minimum Gasteiger partial charge on any atom is -0.508 e. The molecule has 0 radical (unpaired) electrons. The molecule has 1 atom stereocenters. The van der Waals surface area contributed by atoms with E-state index in [-0.39, 0.29) is 11.8 Å². The Hall–Kier alpha value is -2.00. The van der Waals surface area contributed by atoms with E-state index >= 15 is 0 Å². The van der Waals surface area contributed by atoms with Crippen LogP contribution in [0.5, 0.6) is 11.5 Å². The maximum atomic E-state index is 9.37. The van der Waals surface area contributed by atoms with Gasteiger partial charge >= 0.3 is 0 Å². The summed E-state index contributed by atoms with van der Waals surface area (Å²) in [6.07, 6.45) is 0. The van der Waals surface area contributed by atoms with E-state index in [9.17, 15) is 5.11 Å². The molecule has 3 rings (SSSR count). The largest absolute Gasteiger partial charge is 0.508 e. The molecule has 0 aromatic heterocycles. The maximum absolute atomic E-state index is 9.37. The molecule has 3 heteroatoms. The molecule has 0 saturated carbocycles. The van der Waals surface area contributed by atoms with Crippen molar-refractivity contribution in [2.45, 2.75) is 12.6 Å². The van der Waals surface area contributed by atoms with Gasteiger partial charge in [0.15, 0.2) is 0 Å². The number of fused-ring (bicyclic) bond motifs is 1. The standard InChI is InChI=1S/C15H15NO2/c17-12-5-3-6-13(8-12)18-10-15-14-7-2-1-4-11(14)9-16-15/h1-8,15-17H,9-10H2. The Morgan fingerprint density at radius 1 is 1.17 bits per heavy atom. The highest BCUT2D eigenvalue weighted by Gasteiger charge is 2.21. The molecule has 18 heavy (non-hydrogen) atoms. The van der Waals surface area contributed by atoms with Crippen LogP contribution in [0.25, 0.3) is 0 Å². The number of rotatable bonds is 3. The number of aromatic hydroxyl groups is 1. The number of phenolic OH excluding ortho intramolecular Hbond substituents is 1. The number of nitrogens with one attached hydrogen (secondary N) is 1. The molecule has 0 spiro atoms. The van der Waals surface area contributed by atoms with Gasteiger partial charge in [0.05, 0.1) is 6.04 Å². The second-order valence-corrected chi connectivity index (χ2v) is 4.44. The van der Waals surface area contributed by atoms with Gasteiger partial charge in [0.1, 0.15) is 18.1 Å². The van der Waals surface area contributed by atoms with Crippen LogP contribution < -0.4 is 10.1 Å². The lowest BCUT2D eigenvalue weighted by atomic mass is 10.1. The van der Waals surface area contributed by atoms with Crippen LogP contribution in [-0.2, 0) is 6.54 Å². The van der Waals surface area contributed by atoms with Crippen molar-refractivity contribution in [3.05, 3.63) is 59.7 Å². The second kappa shape index (κ2) is 4.70. The van der Waals surface area contributed by atoms with Crippen molar-refractivity contribution in [3.8, 4) is 11.5 Å². The highest BCUT2D eigenvalue weighted by Crippen LogP contribution is 2.26. The lowest BCUT2D eigenvalue weighted by Gasteiger charge is -2.13. The fourth-order valence-electron chi connectivity index (χ4n) is 2.28. The molecule has 92 valence electrons. The van der Waals surface area contributed by atoms with Crippen molar-refractivity contribution in [1.29, 1.82) is 0 Å². The molecule has 0 bridgehead atoms. The Morgan fingerprint density at radius 2 is 2.06 bits per heavy atom. The van der Waals surface area contributed by atoms with Crippen molar-refractivity contribution in [1.82, 2.24) is 5.32 Å². The predicted octanol–water partition coefficient (Wildman–Crippen LogP) is 2.62. The SMILES string of the molecule is Oc1cccc(OCC2NCc3ccccc32)c1. The summed E-state index contributed by atoms with van der Waals surface area (Å²) in [5.41, 5.74) is 2.64. The van der Waals surface area contributed by atoms with E-state index in [2.05, 4.69) is 23.5 Å². The molecule has 0 amide bonds. The molecule has 3 nitrogen and oxygen atoms in total. The van der Waals surface area contributed by atoms with E-state index in [4.69, 9.17) is 4.74 Å². The van der Waals surface area contributed by atoms with Gasteiger partial charge in [-0.25, -0.2) is 0 Å². The number of ether oxygens (including phenoxy) is 1. The molecule has 1 heterocycles. The van der Waals surface area contributed by atoms with Crippen LogP contribution in [0.15, 0.2) is 48.5 Å². The van der Waals surface area contributed by atoms with Crippen LogP contribution in [-0.4, -0.2) is 11.7 Å². The van der Waals surface area contributed by atoms with Crippen LogP contribution >= 0.6 is 0 Å². The minimum absolute atomic E-state index is 0.226. The lowest BCUT2D eigenvalue weighted by Crippen LogP contribution is -2.19. The summed E-state index contributed by atoms with van der Waals surface area (Å²) in [4.78, 5) is 0. The van der Waals surface area contributed by atoms with Crippen molar-refractivity contribution >= 4 is 0 Å². The third-order valence-corrected chi connectivity index (χ3v) is 3.20. The molecule has 1 aliphatic heterocycles. The Labute approximate surface area is 106 Å². The third-order valence-electron chi connectivity index (χ3n) is 3.20. The van der Waals surface area contributed by atoms with Crippen LogP contribution in [0.4, 0.5) is 0 Å². The van der Waals surface area contributed by atoms with Crippen molar-refractivity contribution < 1.29 is 9.84 Å². The molecule has 2 aromatic carbocycles. The summed E-state index contributed by atoms with van der Waals surface area (Å²) < 4.78 is 5.71. The van der Waals surface area contributed by atoms with Gasteiger partial charge in [-0.15, -0.1) is 0 Å². The minimum atomic E-state index is 0.226. The van der Waals surface area contributed by atoms with Gasteiger partial charge in [-0.05, 0) is 23.3 Å². The van der Waals surface area contributed by atoms with E-state index in [1.165, 1.54) is 11.1 Å². The van der Waals surface area contributed by atoms with E-state index in [1.54, 1.807) is 18.2 Å². The van der Waals surface area contributed by atoms with Gasteiger partial charge < -0.3 is 15.2 Å². The topological polar surface area (TPSA) is 41.5 Å². The highest BCUT2D eigenvalue weighted by molar-refractivity contribution is 5.35. The van der Waals surface area contributed by atoms with Gasteiger partial charge in [0, 0.05) is 12.6 Å². The van der Waals surface area contributed by atoms with Crippen molar-refractivity contribution in [3.63, 3.8) is 0 Å². The van der Waals surface area contributed by atoms with Gasteiger partial charge in [-0.1, -0.05) is 30.3 Å². The molecule has 1 aliphatic rings. The highest BCUT2D eigenvalue weighted by atomic mass is 16.5. The van der Waals surface area contributed by atoms with Gasteiger partial charge in [-0.2, -0.15) is 0 Å². The summed E-state index contributed by atoms with van der Waals surface area (Å²) in [5.74, 6) is 0.925. The average Bonchev–Trinajstić information content (AvgIpc) is 2.80. The van der Waals surface area contributed by atoms with E-state index < -0.39 is 0 Å². The van der Waals surface area contributed by atoms with Crippen LogP contribution in [0, 0.1) is 0 Å². The van der Waals surface area contributed by atoms with Gasteiger partial charge in [0.25, 0.3) is 0 Å². The van der Waals surface area contributed by atoms with Crippen LogP contribution in [0.1, 0.15) is 17.2 Å². The summed E-state index contributed by atoms with van der Waals surface area (Å²) in [6.45, 7) is 1.46. The first-order chi connectivity index (χ1) is 8.83. The summed E-state index contributed by atoms with van der Waals surface area (Å²) in [6, 6.07) is 15.5. The Kier molecular flexibility index (Phi) is 2.90. The van der Waals surface area contributed by atoms with Gasteiger partial charge in [-0.3, -0.25) is 0 Å². The monoisotopic (exact) mass is 241 g/mol. The Balaban J connectivity index is 1.69. The normalized spacial score (nSPS) is 17.4. The molecule has 2 aromatic rings. The summed E-state index contributed by atoms with van der Waals surface area (Å²) >= 11 is 0. The first-order valence-corrected chi connectivity index (χ1v) is 6.06. The predicted molar refractivity (Wildman–Crippen MR) is 69.6 cm³/mol. The van der Waals surface area contributed by atoms with Crippen LogP contribution in [0.2, 0.25) is 0 Å². The lowest BCUT2D eigenvalue weighted by molar-refractivity contribution is 0.272. The molecular weight excluding hydrogens is 226 g/mol. The average molecular weight is 241 g/mol. The third kappa shape index (κ3) is 2.17. The molecule has 0 saturated heterocycles. The molecule has 0 fully saturated rings. The van der Waals surface area contributed by atoms with E-state index in [1.807, 2.05) is 12.1 Å². The Bertz CT molecular complexity index is 554. The molecule has 0 aliphatic carbocycles. The Morgan fingerprint density at radius 3 is 2.94 bits per heavy atom. The summed E-state index contributed by atoms with van der Waals surface area (Å²) in [7, 11) is 0. The van der Waals surface area contributed by atoms with E-state index in [0.717, 1.165) is 6.54 Å². The number of hydrogen-bond acceptors (Lipinski definition) is 3. The quantitative estimate of drug-likeness (QED) is 0.868. The first kappa shape index (κ1) is 11.1. The van der Waals surface area contributed by atoms with Crippen molar-refractivity contribution in [2.24, 2.45) is 0 Å².